The number of hydrogen-bond donors (Lipinski definition) is 1. The fourth-order valence-electron chi connectivity index (χ4n) is 1.25. The minimum Gasteiger partial charge on any atom is -0.569 e. The van der Waals surface area contributed by atoms with Crippen molar-refractivity contribution in [2.75, 3.05) is 13.3 Å². The molecule has 1 fully saturated rings. The van der Waals surface area contributed by atoms with Crippen LogP contribution < -0.4 is 0 Å². The average Bonchev–Trinajstić information content (AvgIpc) is 2.20. The molecule has 1 heterocycles. The minimum absolute atomic E-state index is 0.0133. The second kappa shape index (κ2) is 6.61. The van der Waals surface area contributed by atoms with Crippen molar-refractivity contribution >= 4 is 12.1 Å². The molecule has 1 aliphatic rings. The number of carbonyl (C=O) groups excluding carboxylic acids is 1. The lowest BCUT2D eigenvalue weighted by Gasteiger charge is -2.31. The number of hydrazine groups is 1. The van der Waals surface area contributed by atoms with Gasteiger partial charge in [-0.25, -0.2) is 9.59 Å². The molecule has 0 amide bonds. The monoisotopic (exact) mass is 277 g/mol. The summed E-state index contributed by atoms with van der Waals surface area (Å²) in [5, 5.41) is 24.0. The van der Waals surface area contributed by atoms with Gasteiger partial charge >= 0.3 is 12.1 Å². The van der Waals surface area contributed by atoms with Gasteiger partial charge in [0.15, 0.2) is 6.04 Å². The Morgan fingerprint density at radius 2 is 2.26 bits per heavy atom. The molecule has 1 rings (SSSR count). The normalized spacial score (nSPS) is 18.8. The molecular formula is C9H15N3O7. The zero-order valence-corrected chi connectivity index (χ0v) is 10.5. The van der Waals surface area contributed by atoms with Crippen LogP contribution in [0.5, 0.6) is 0 Å². The van der Waals surface area contributed by atoms with E-state index >= 15 is 0 Å². The Labute approximate surface area is 108 Å². The SMILES string of the molecule is CC(C)OC(=O)OCON=[N+]([O-])N1CCC1C(=O)O. The summed E-state index contributed by atoms with van der Waals surface area (Å²) in [7, 11) is 0. The molecule has 0 aliphatic carbocycles. The number of aliphatic carboxylic acids is 1. The maximum atomic E-state index is 11.3. The van der Waals surface area contributed by atoms with E-state index in [1.807, 2.05) is 0 Å². The first-order valence-electron chi connectivity index (χ1n) is 5.54. The van der Waals surface area contributed by atoms with Crippen LogP contribution in [0.1, 0.15) is 20.3 Å². The van der Waals surface area contributed by atoms with Crippen LogP contribution in [0.2, 0.25) is 0 Å². The molecule has 10 heteroatoms. The number of carboxylic acid groups (broad SMARTS) is 1. The highest BCUT2D eigenvalue weighted by Crippen LogP contribution is 2.17. The molecular weight excluding hydrogens is 262 g/mol. The van der Waals surface area contributed by atoms with Gasteiger partial charge in [0.25, 0.3) is 6.79 Å². The van der Waals surface area contributed by atoms with Crippen LogP contribution in [0, 0.1) is 5.21 Å². The van der Waals surface area contributed by atoms with Crippen molar-refractivity contribution in [3.8, 4) is 0 Å². The molecule has 0 aromatic heterocycles. The van der Waals surface area contributed by atoms with Gasteiger partial charge in [0.05, 0.1) is 17.6 Å². The molecule has 0 radical (unpaired) electrons. The van der Waals surface area contributed by atoms with Crippen LogP contribution in [0.3, 0.4) is 0 Å². The standard InChI is InChI=1S/C9H15N3O7/c1-6(2)19-9(15)17-5-18-10-12(16)11-4-3-7(11)8(13)14/h6-7H,3-5H2,1-2H3,(H,13,14). The molecule has 10 nitrogen and oxygen atoms in total. The van der Waals surface area contributed by atoms with E-state index in [2.05, 4.69) is 19.6 Å². The fraction of sp³-hybridized carbons (Fsp3) is 0.778. The molecule has 0 bridgehead atoms. The quantitative estimate of drug-likeness (QED) is 0.185. The van der Waals surface area contributed by atoms with Crippen LogP contribution in [0.15, 0.2) is 5.28 Å². The Morgan fingerprint density at radius 1 is 1.58 bits per heavy atom. The van der Waals surface area contributed by atoms with Gasteiger partial charge < -0.3 is 24.6 Å². The van der Waals surface area contributed by atoms with E-state index in [9.17, 15) is 14.8 Å². The van der Waals surface area contributed by atoms with Crippen LogP contribution in [-0.2, 0) is 19.1 Å². The first-order valence-corrected chi connectivity index (χ1v) is 5.54. The number of carbonyl (C=O) groups is 2. The lowest BCUT2D eigenvalue weighted by molar-refractivity contribution is -0.729. The van der Waals surface area contributed by atoms with Crippen molar-refractivity contribution in [1.82, 2.24) is 5.01 Å². The fourth-order valence-corrected chi connectivity index (χ4v) is 1.25. The first kappa shape index (κ1) is 14.8. The predicted octanol–water partition coefficient (Wildman–Crippen LogP) is 0.473. The largest absolute Gasteiger partial charge is 0.569 e. The van der Waals surface area contributed by atoms with E-state index in [1.54, 1.807) is 13.8 Å². The Hall–Kier alpha value is -2.26. The van der Waals surface area contributed by atoms with Crippen molar-refractivity contribution in [3.63, 3.8) is 0 Å². The molecule has 1 aliphatic heterocycles. The zero-order valence-electron chi connectivity index (χ0n) is 10.5. The van der Waals surface area contributed by atoms with Gasteiger partial charge in [-0.2, -0.15) is 0 Å². The highest BCUT2D eigenvalue weighted by molar-refractivity contribution is 5.74. The number of rotatable bonds is 6. The molecule has 0 aromatic rings. The van der Waals surface area contributed by atoms with Crippen molar-refractivity contribution < 1.29 is 34.0 Å². The highest BCUT2D eigenvalue weighted by Gasteiger charge is 2.41. The van der Waals surface area contributed by atoms with Gasteiger partial charge in [-0.15, -0.1) is 5.01 Å². The summed E-state index contributed by atoms with van der Waals surface area (Å²) >= 11 is 0. The Morgan fingerprint density at radius 3 is 2.74 bits per heavy atom. The minimum atomic E-state index is -1.11. The van der Waals surface area contributed by atoms with Gasteiger partial charge in [-0.1, -0.05) is 0 Å². The summed E-state index contributed by atoms with van der Waals surface area (Å²) in [6, 6.07) is -0.906. The summed E-state index contributed by atoms with van der Waals surface area (Å²) in [4.78, 5) is 26.0. The molecule has 1 unspecified atom stereocenters. The van der Waals surface area contributed by atoms with E-state index < -0.39 is 25.0 Å². The maximum Gasteiger partial charge on any atom is 0.511 e. The van der Waals surface area contributed by atoms with Gasteiger partial charge in [0.2, 0.25) is 5.28 Å². The van der Waals surface area contributed by atoms with Gasteiger partial charge in [-0.3, -0.25) is 0 Å². The third-order valence-electron chi connectivity index (χ3n) is 2.19. The average molecular weight is 277 g/mol. The Kier molecular flexibility index (Phi) is 5.15. The van der Waals surface area contributed by atoms with Gasteiger partial charge in [0.1, 0.15) is 0 Å². The lowest BCUT2D eigenvalue weighted by Crippen LogP contribution is -2.55. The molecule has 1 saturated heterocycles. The molecule has 19 heavy (non-hydrogen) atoms. The number of ether oxygens (including phenoxy) is 2. The maximum absolute atomic E-state index is 11.3. The molecule has 0 saturated carbocycles. The molecule has 1 atom stereocenters. The van der Waals surface area contributed by atoms with Crippen LogP contribution in [0.4, 0.5) is 4.79 Å². The van der Waals surface area contributed by atoms with Crippen molar-refractivity contribution in [1.29, 1.82) is 0 Å². The van der Waals surface area contributed by atoms with Crippen molar-refractivity contribution in [2.24, 2.45) is 5.28 Å². The topological polar surface area (TPSA) is 124 Å². The summed E-state index contributed by atoms with van der Waals surface area (Å²) < 4.78 is 9.05. The molecule has 0 aromatic carbocycles. The van der Waals surface area contributed by atoms with E-state index in [-0.39, 0.29) is 17.6 Å². The van der Waals surface area contributed by atoms with E-state index in [0.717, 1.165) is 5.01 Å². The second-order valence-corrected chi connectivity index (χ2v) is 3.95. The summed E-state index contributed by atoms with van der Waals surface area (Å²) in [5.41, 5.74) is 0. The van der Waals surface area contributed by atoms with Crippen LogP contribution in [-0.4, -0.2) is 52.7 Å². The second-order valence-electron chi connectivity index (χ2n) is 3.95. The van der Waals surface area contributed by atoms with Crippen LogP contribution in [0.25, 0.3) is 0 Å². The first-order chi connectivity index (χ1) is 8.91. The van der Waals surface area contributed by atoms with Crippen molar-refractivity contribution in [2.45, 2.75) is 32.4 Å². The number of carboxylic acids is 1. The molecule has 1 N–H and O–H groups in total. The van der Waals surface area contributed by atoms with E-state index in [4.69, 9.17) is 5.11 Å². The predicted molar refractivity (Wildman–Crippen MR) is 57.5 cm³/mol. The zero-order chi connectivity index (χ0) is 14.4. The summed E-state index contributed by atoms with van der Waals surface area (Å²) in [6.45, 7) is 2.95. The molecule has 108 valence electrons. The van der Waals surface area contributed by atoms with Crippen molar-refractivity contribution in [3.05, 3.63) is 5.21 Å². The Balaban J connectivity index is 2.25. The van der Waals surface area contributed by atoms with Crippen LogP contribution >= 0.6 is 0 Å². The Bertz CT molecular complexity index is 371. The number of nitrogens with zero attached hydrogens (tertiary/aromatic N) is 3. The number of hydrogen-bond acceptors (Lipinski definition) is 7. The van der Waals surface area contributed by atoms with E-state index in [0.29, 0.717) is 6.42 Å². The van der Waals surface area contributed by atoms with E-state index in [1.165, 1.54) is 0 Å². The summed E-state index contributed by atoms with van der Waals surface area (Å²) in [5.74, 6) is -1.11. The smallest absolute Gasteiger partial charge is 0.511 e. The lowest BCUT2D eigenvalue weighted by atomic mass is 10.1. The summed E-state index contributed by atoms with van der Waals surface area (Å²) in [6.07, 6.45) is -0.922. The molecule has 0 spiro atoms. The van der Waals surface area contributed by atoms with Gasteiger partial charge in [-0.05, 0) is 13.8 Å². The highest BCUT2D eigenvalue weighted by atomic mass is 16.8. The van der Waals surface area contributed by atoms with Gasteiger partial charge in [0, 0.05) is 6.42 Å². The third kappa shape index (κ3) is 4.48. The third-order valence-corrected chi connectivity index (χ3v) is 2.19.